The number of nitrogens with zero attached hydrogens (tertiary/aromatic N) is 2. The summed E-state index contributed by atoms with van der Waals surface area (Å²) in [7, 11) is 0. The summed E-state index contributed by atoms with van der Waals surface area (Å²) in [5.41, 5.74) is 9.13. The van der Waals surface area contributed by atoms with Crippen LogP contribution in [-0.2, 0) is 12.1 Å². The smallest absolute Gasteiger partial charge is 0.123 e. The number of hydrogen-bond donors (Lipinski definition) is 1. The number of rotatable bonds is 3. The maximum atomic E-state index is 13.0. The minimum atomic E-state index is -0.225. The van der Waals surface area contributed by atoms with Gasteiger partial charge in [0.05, 0.1) is 11.9 Å². The minimum absolute atomic E-state index is 0.225. The fourth-order valence-corrected chi connectivity index (χ4v) is 2.31. The molecule has 0 bridgehead atoms. The molecule has 1 aromatic carbocycles. The van der Waals surface area contributed by atoms with Crippen LogP contribution in [-0.4, -0.2) is 9.78 Å². The van der Waals surface area contributed by atoms with Gasteiger partial charge in [0, 0.05) is 23.2 Å². The van der Waals surface area contributed by atoms with E-state index in [2.05, 4.69) is 5.10 Å². The molecule has 0 atom stereocenters. The van der Waals surface area contributed by atoms with Gasteiger partial charge in [0.25, 0.3) is 0 Å². The molecule has 1 saturated carbocycles. The van der Waals surface area contributed by atoms with E-state index in [1.54, 1.807) is 12.1 Å². The maximum Gasteiger partial charge on any atom is 0.123 e. The molecular formula is C14H16FN3. The topological polar surface area (TPSA) is 43.8 Å². The Hall–Kier alpha value is -1.68. The molecular weight excluding hydrogens is 229 g/mol. The van der Waals surface area contributed by atoms with Crippen LogP contribution in [0.4, 0.5) is 4.39 Å². The van der Waals surface area contributed by atoms with Crippen LogP contribution in [0.5, 0.6) is 0 Å². The van der Waals surface area contributed by atoms with E-state index in [-0.39, 0.29) is 11.4 Å². The summed E-state index contributed by atoms with van der Waals surface area (Å²) in [4.78, 5) is 0. The van der Waals surface area contributed by atoms with Crippen LogP contribution in [0.2, 0.25) is 0 Å². The first-order chi connectivity index (χ1) is 8.64. The molecule has 1 aromatic heterocycles. The molecule has 2 N–H and O–H groups in total. The van der Waals surface area contributed by atoms with E-state index < -0.39 is 0 Å². The summed E-state index contributed by atoms with van der Waals surface area (Å²) in [5, 5.41) is 4.38. The Balaban J connectivity index is 2.14. The standard InChI is InChI=1S/C14H16FN3/c1-2-18-13(10-3-5-11(15)6-4-10)12(9-17-18)14(16)7-8-14/h3-6,9H,2,7-8,16H2,1H3. The molecule has 0 amide bonds. The van der Waals surface area contributed by atoms with Crippen LogP contribution in [0.15, 0.2) is 30.5 Å². The maximum absolute atomic E-state index is 13.0. The highest BCUT2D eigenvalue weighted by molar-refractivity contribution is 5.65. The summed E-state index contributed by atoms with van der Waals surface area (Å²) < 4.78 is 14.9. The molecule has 0 saturated heterocycles. The minimum Gasteiger partial charge on any atom is -0.321 e. The van der Waals surface area contributed by atoms with E-state index in [1.165, 1.54) is 12.1 Å². The van der Waals surface area contributed by atoms with Gasteiger partial charge < -0.3 is 5.73 Å². The van der Waals surface area contributed by atoms with Gasteiger partial charge in [-0.3, -0.25) is 4.68 Å². The molecule has 0 radical (unpaired) electrons. The van der Waals surface area contributed by atoms with Crippen LogP contribution < -0.4 is 5.73 Å². The largest absolute Gasteiger partial charge is 0.321 e. The quantitative estimate of drug-likeness (QED) is 0.903. The number of aryl methyl sites for hydroxylation is 1. The van der Waals surface area contributed by atoms with Crippen LogP contribution in [0, 0.1) is 5.82 Å². The van der Waals surface area contributed by atoms with Crippen molar-refractivity contribution >= 4 is 0 Å². The lowest BCUT2D eigenvalue weighted by Crippen LogP contribution is -2.19. The Labute approximate surface area is 105 Å². The summed E-state index contributed by atoms with van der Waals surface area (Å²) in [5.74, 6) is -0.225. The van der Waals surface area contributed by atoms with Crippen molar-refractivity contribution in [2.75, 3.05) is 0 Å². The molecule has 0 spiro atoms. The van der Waals surface area contributed by atoms with Crippen molar-refractivity contribution in [1.29, 1.82) is 0 Å². The molecule has 1 aliphatic rings. The number of hydrogen-bond acceptors (Lipinski definition) is 2. The van der Waals surface area contributed by atoms with Crippen molar-refractivity contribution in [3.63, 3.8) is 0 Å². The number of nitrogens with two attached hydrogens (primary N) is 1. The monoisotopic (exact) mass is 245 g/mol. The second-order valence-electron chi connectivity index (χ2n) is 4.89. The van der Waals surface area contributed by atoms with Gasteiger partial charge in [-0.05, 0) is 44.0 Å². The zero-order valence-corrected chi connectivity index (χ0v) is 10.4. The van der Waals surface area contributed by atoms with Gasteiger partial charge in [0.15, 0.2) is 0 Å². The lowest BCUT2D eigenvalue weighted by Gasteiger charge is -2.12. The zero-order chi connectivity index (χ0) is 12.8. The number of aromatic nitrogens is 2. The van der Waals surface area contributed by atoms with Crippen LogP contribution in [0.25, 0.3) is 11.3 Å². The van der Waals surface area contributed by atoms with E-state index in [0.717, 1.165) is 36.2 Å². The third kappa shape index (κ3) is 1.73. The highest BCUT2D eigenvalue weighted by atomic mass is 19.1. The lowest BCUT2D eigenvalue weighted by atomic mass is 10.0. The number of halogens is 1. The molecule has 0 unspecified atom stereocenters. The first-order valence-electron chi connectivity index (χ1n) is 6.25. The van der Waals surface area contributed by atoms with Crippen LogP contribution in [0.1, 0.15) is 25.3 Å². The van der Waals surface area contributed by atoms with E-state index >= 15 is 0 Å². The average Bonchev–Trinajstić information content (AvgIpc) is 2.97. The Morgan fingerprint density at radius 3 is 2.56 bits per heavy atom. The molecule has 2 aromatic rings. The first kappa shape index (κ1) is 11.4. The number of benzene rings is 1. The van der Waals surface area contributed by atoms with Crippen molar-refractivity contribution in [3.05, 3.63) is 41.8 Å². The van der Waals surface area contributed by atoms with Gasteiger partial charge in [-0.25, -0.2) is 4.39 Å². The van der Waals surface area contributed by atoms with Gasteiger partial charge in [-0.15, -0.1) is 0 Å². The van der Waals surface area contributed by atoms with Gasteiger partial charge in [0.1, 0.15) is 5.82 Å². The van der Waals surface area contributed by atoms with Crippen molar-refractivity contribution in [2.24, 2.45) is 5.73 Å². The molecule has 3 rings (SSSR count). The molecule has 18 heavy (non-hydrogen) atoms. The van der Waals surface area contributed by atoms with E-state index in [1.807, 2.05) is 17.8 Å². The van der Waals surface area contributed by atoms with Crippen molar-refractivity contribution < 1.29 is 4.39 Å². The molecule has 1 fully saturated rings. The predicted molar refractivity (Wildman–Crippen MR) is 68.4 cm³/mol. The Morgan fingerprint density at radius 2 is 2.00 bits per heavy atom. The fraction of sp³-hybridized carbons (Fsp3) is 0.357. The Morgan fingerprint density at radius 1 is 1.33 bits per heavy atom. The summed E-state index contributed by atoms with van der Waals surface area (Å²) in [6, 6.07) is 6.52. The van der Waals surface area contributed by atoms with Crippen LogP contribution in [0.3, 0.4) is 0 Å². The van der Waals surface area contributed by atoms with Crippen LogP contribution >= 0.6 is 0 Å². The Bertz CT molecular complexity index is 567. The zero-order valence-electron chi connectivity index (χ0n) is 10.4. The predicted octanol–water partition coefficient (Wildman–Crippen LogP) is 2.66. The summed E-state index contributed by atoms with van der Waals surface area (Å²) in [6.45, 7) is 2.82. The van der Waals surface area contributed by atoms with Gasteiger partial charge in [0.2, 0.25) is 0 Å². The lowest BCUT2D eigenvalue weighted by molar-refractivity contribution is 0.627. The van der Waals surface area contributed by atoms with Crippen molar-refractivity contribution in [2.45, 2.75) is 31.8 Å². The van der Waals surface area contributed by atoms with Crippen molar-refractivity contribution in [3.8, 4) is 11.3 Å². The third-order valence-electron chi connectivity index (χ3n) is 3.58. The highest BCUT2D eigenvalue weighted by Crippen LogP contribution is 2.46. The SMILES string of the molecule is CCn1ncc(C2(N)CC2)c1-c1ccc(F)cc1. The van der Waals surface area contributed by atoms with Gasteiger partial charge in [-0.1, -0.05) is 0 Å². The van der Waals surface area contributed by atoms with E-state index in [0.29, 0.717) is 0 Å². The molecule has 1 heterocycles. The van der Waals surface area contributed by atoms with Crippen molar-refractivity contribution in [1.82, 2.24) is 9.78 Å². The molecule has 94 valence electrons. The van der Waals surface area contributed by atoms with E-state index in [4.69, 9.17) is 5.73 Å². The molecule has 1 aliphatic carbocycles. The summed E-state index contributed by atoms with van der Waals surface area (Å²) in [6.07, 6.45) is 3.85. The molecule has 0 aliphatic heterocycles. The summed E-state index contributed by atoms with van der Waals surface area (Å²) >= 11 is 0. The second-order valence-corrected chi connectivity index (χ2v) is 4.89. The second kappa shape index (κ2) is 3.92. The first-order valence-corrected chi connectivity index (χ1v) is 6.25. The van der Waals surface area contributed by atoms with Gasteiger partial charge >= 0.3 is 0 Å². The average molecular weight is 245 g/mol. The highest BCUT2D eigenvalue weighted by Gasteiger charge is 2.43. The van der Waals surface area contributed by atoms with E-state index in [9.17, 15) is 4.39 Å². The fourth-order valence-electron chi connectivity index (χ4n) is 2.31. The molecule has 3 nitrogen and oxygen atoms in total. The Kier molecular flexibility index (Phi) is 2.48. The normalized spacial score (nSPS) is 16.8. The van der Waals surface area contributed by atoms with Gasteiger partial charge in [-0.2, -0.15) is 5.10 Å². The molecule has 4 heteroatoms. The third-order valence-corrected chi connectivity index (χ3v) is 3.58.